The molecule has 4 nitrogen and oxygen atoms in total. The molecule has 0 saturated heterocycles. The van der Waals surface area contributed by atoms with Crippen molar-refractivity contribution in [1.29, 1.82) is 0 Å². The Morgan fingerprint density at radius 2 is 1.95 bits per heavy atom. The maximum Gasteiger partial charge on any atom is 0.407 e. The van der Waals surface area contributed by atoms with Crippen molar-refractivity contribution in [3.8, 4) is 0 Å². The second-order valence-electron chi connectivity index (χ2n) is 7.61. The fourth-order valence-corrected chi connectivity index (χ4v) is 3.78. The van der Waals surface area contributed by atoms with Crippen LogP contribution in [-0.2, 0) is 4.74 Å². The summed E-state index contributed by atoms with van der Waals surface area (Å²) < 4.78 is 5.31. The molecule has 22 heavy (non-hydrogen) atoms. The Kier molecular flexibility index (Phi) is 8.04. The largest absolute Gasteiger partial charge is 0.444 e. The Morgan fingerprint density at radius 1 is 1.27 bits per heavy atom. The first-order chi connectivity index (χ1) is 10.2. The fourth-order valence-electron chi connectivity index (χ4n) is 2.82. The lowest BCUT2D eigenvalue weighted by Crippen LogP contribution is -2.43. The standard InChI is InChI=1S/C17H34N2O2S/c1-12(2)13(11-19-16(20)21-17(3,4)5)10-18-14-8-7-9-15(14)22-6/h12-15,18H,7-11H2,1-6H3,(H,19,20). The minimum Gasteiger partial charge on any atom is -0.444 e. The smallest absolute Gasteiger partial charge is 0.407 e. The number of carbonyl (C=O) groups is 1. The van der Waals surface area contributed by atoms with Crippen molar-refractivity contribution in [2.45, 2.75) is 70.8 Å². The van der Waals surface area contributed by atoms with Gasteiger partial charge in [-0.15, -0.1) is 0 Å². The molecule has 0 heterocycles. The number of thioether (sulfide) groups is 1. The van der Waals surface area contributed by atoms with Gasteiger partial charge in [0.1, 0.15) is 5.60 Å². The average molecular weight is 331 g/mol. The van der Waals surface area contributed by atoms with Crippen molar-refractivity contribution in [2.24, 2.45) is 11.8 Å². The maximum absolute atomic E-state index is 11.8. The van der Waals surface area contributed by atoms with Crippen LogP contribution in [0.1, 0.15) is 53.9 Å². The summed E-state index contributed by atoms with van der Waals surface area (Å²) in [5.41, 5.74) is -0.439. The fraction of sp³-hybridized carbons (Fsp3) is 0.941. The van der Waals surface area contributed by atoms with Gasteiger partial charge >= 0.3 is 6.09 Å². The van der Waals surface area contributed by atoms with E-state index in [0.29, 0.717) is 24.4 Å². The summed E-state index contributed by atoms with van der Waals surface area (Å²) in [6.45, 7) is 11.7. The minimum absolute atomic E-state index is 0.319. The summed E-state index contributed by atoms with van der Waals surface area (Å²) >= 11 is 1.97. The molecular weight excluding hydrogens is 296 g/mol. The molecule has 1 fully saturated rings. The molecule has 1 rings (SSSR count). The van der Waals surface area contributed by atoms with Gasteiger partial charge in [-0.05, 0) is 51.7 Å². The Bertz CT molecular complexity index is 342. The number of ether oxygens (including phenoxy) is 1. The number of rotatable bonds is 7. The first-order valence-electron chi connectivity index (χ1n) is 8.46. The van der Waals surface area contributed by atoms with E-state index in [-0.39, 0.29) is 6.09 Å². The Labute approximate surface area is 140 Å². The van der Waals surface area contributed by atoms with Crippen LogP contribution in [0.25, 0.3) is 0 Å². The average Bonchev–Trinajstić information content (AvgIpc) is 2.83. The van der Waals surface area contributed by atoms with Crippen molar-refractivity contribution >= 4 is 17.9 Å². The summed E-state index contributed by atoms with van der Waals surface area (Å²) in [5.74, 6) is 0.951. The van der Waals surface area contributed by atoms with Crippen LogP contribution in [0, 0.1) is 11.8 Å². The molecule has 0 radical (unpaired) electrons. The van der Waals surface area contributed by atoms with Crippen LogP contribution in [0.2, 0.25) is 0 Å². The molecule has 1 saturated carbocycles. The van der Waals surface area contributed by atoms with Crippen LogP contribution in [0.3, 0.4) is 0 Å². The molecule has 5 heteroatoms. The van der Waals surface area contributed by atoms with Gasteiger partial charge < -0.3 is 15.4 Å². The van der Waals surface area contributed by atoms with Gasteiger partial charge in [0.25, 0.3) is 0 Å². The van der Waals surface area contributed by atoms with Crippen LogP contribution in [0.4, 0.5) is 4.79 Å². The first kappa shape index (κ1) is 19.6. The highest BCUT2D eigenvalue weighted by Gasteiger charge is 2.27. The van der Waals surface area contributed by atoms with Gasteiger partial charge in [0, 0.05) is 24.4 Å². The van der Waals surface area contributed by atoms with Crippen LogP contribution in [0.5, 0.6) is 0 Å². The maximum atomic E-state index is 11.8. The van der Waals surface area contributed by atoms with Gasteiger partial charge in [-0.1, -0.05) is 20.3 Å². The molecule has 0 spiro atoms. The summed E-state index contributed by atoms with van der Waals surface area (Å²) in [6, 6.07) is 0.623. The lowest BCUT2D eigenvalue weighted by Gasteiger charge is -2.27. The number of hydrogen-bond donors (Lipinski definition) is 2. The van der Waals surface area contributed by atoms with E-state index in [2.05, 4.69) is 30.7 Å². The molecule has 0 aliphatic heterocycles. The van der Waals surface area contributed by atoms with Gasteiger partial charge in [-0.2, -0.15) is 11.8 Å². The molecule has 0 aromatic carbocycles. The quantitative estimate of drug-likeness (QED) is 0.748. The normalized spacial score (nSPS) is 23.6. The van der Waals surface area contributed by atoms with Gasteiger partial charge in [-0.25, -0.2) is 4.79 Å². The molecule has 1 aliphatic rings. The summed E-state index contributed by atoms with van der Waals surface area (Å²) in [6.07, 6.45) is 5.80. The van der Waals surface area contributed by atoms with E-state index in [1.165, 1.54) is 19.3 Å². The van der Waals surface area contributed by atoms with E-state index >= 15 is 0 Å². The van der Waals surface area contributed by atoms with Crippen LogP contribution >= 0.6 is 11.8 Å². The highest BCUT2D eigenvalue weighted by Crippen LogP contribution is 2.28. The van der Waals surface area contributed by atoms with Crippen LogP contribution in [0.15, 0.2) is 0 Å². The second kappa shape index (κ2) is 9.02. The van der Waals surface area contributed by atoms with E-state index in [0.717, 1.165) is 11.8 Å². The van der Waals surface area contributed by atoms with E-state index in [4.69, 9.17) is 4.74 Å². The zero-order valence-electron chi connectivity index (χ0n) is 15.1. The summed E-state index contributed by atoms with van der Waals surface area (Å²) in [7, 11) is 0. The molecular formula is C17H34N2O2S. The van der Waals surface area contributed by atoms with Gasteiger partial charge in [0.2, 0.25) is 0 Å². The van der Waals surface area contributed by atoms with E-state index < -0.39 is 5.60 Å². The molecule has 1 amide bonds. The SMILES string of the molecule is CSC1CCCC1NCC(CNC(=O)OC(C)(C)C)C(C)C. The van der Waals surface area contributed by atoms with E-state index in [9.17, 15) is 4.79 Å². The van der Waals surface area contributed by atoms with Crippen molar-refractivity contribution in [2.75, 3.05) is 19.3 Å². The predicted molar refractivity (Wildman–Crippen MR) is 95.5 cm³/mol. The van der Waals surface area contributed by atoms with E-state index in [1.807, 2.05) is 32.5 Å². The monoisotopic (exact) mass is 330 g/mol. The zero-order valence-corrected chi connectivity index (χ0v) is 15.9. The molecule has 0 bridgehead atoms. The van der Waals surface area contributed by atoms with Gasteiger partial charge in [0.05, 0.1) is 0 Å². The van der Waals surface area contributed by atoms with E-state index in [1.54, 1.807) is 0 Å². The summed E-state index contributed by atoms with van der Waals surface area (Å²) in [5, 5.41) is 7.38. The molecule has 3 unspecified atom stereocenters. The van der Waals surface area contributed by atoms with Crippen molar-refractivity contribution in [1.82, 2.24) is 10.6 Å². The molecule has 2 N–H and O–H groups in total. The van der Waals surface area contributed by atoms with Gasteiger partial charge in [0.15, 0.2) is 0 Å². The topological polar surface area (TPSA) is 50.4 Å². The molecule has 3 atom stereocenters. The molecule has 130 valence electrons. The number of amides is 1. The van der Waals surface area contributed by atoms with Crippen molar-refractivity contribution in [3.63, 3.8) is 0 Å². The summed E-state index contributed by atoms with van der Waals surface area (Å²) in [4.78, 5) is 11.8. The highest BCUT2D eigenvalue weighted by atomic mass is 32.2. The molecule has 1 aliphatic carbocycles. The van der Waals surface area contributed by atoms with Crippen molar-refractivity contribution in [3.05, 3.63) is 0 Å². The third-order valence-corrected chi connectivity index (χ3v) is 5.42. The second-order valence-corrected chi connectivity index (χ2v) is 8.68. The van der Waals surface area contributed by atoms with Crippen molar-refractivity contribution < 1.29 is 9.53 Å². The van der Waals surface area contributed by atoms with Crippen LogP contribution < -0.4 is 10.6 Å². The third-order valence-electron chi connectivity index (χ3n) is 4.25. The number of hydrogen-bond acceptors (Lipinski definition) is 4. The third kappa shape index (κ3) is 7.23. The van der Waals surface area contributed by atoms with Crippen LogP contribution in [-0.4, -0.2) is 42.3 Å². The predicted octanol–water partition coefficient (Wildman–Crippen LogP) is 3.66. The van der Waals surface area contributed by atoms with Gasteiger partial charge in [-0.3, -0.25) is 0 Å². The number of alkyl carbamates (subject to hydrolysis) is 1. The Morgan fingerprint density at radius 3 is 2.50 bits per heavy atom. The first-order valence-corrected chi connectivity index (χ1v) is 9.74. The highest BCUT2D eigenvalue weighted by molar-refractivity contribution is 7.99. The lowest BCUT2D eigenvalue weighted by atomic mass is 9.95. The minimum atomic E-state index is -0.439. The number of nitrogens with one attached hydrogen (secondary N) is 2. The molecule has 0 aromatic rings. The Balaban J connectivity index is 2.37. The molecule has 0 aromatic heterocycles. The number of carbonyl (C=O) groups excluding carboxylic acids is 1. The lowest BCUT2D eigenvalue weighted by molar-refractivity contribution is 0.0514. The zero-order chi connectivity index (χ0) is 16.8. The Hall–Kier alpha value is -0.420.